The molecule has 7 nitrogen and oxygen atoms in total. The van der Waals surface area contributed by atoms with Crippen molar-refractivity contribution in [3.05, 3.63) is 71.3 Å². The lowest BCUT2D eigenvalue weighted by Crippen LogP contribution is -2.38. The SMILES string of the molecule is CC.CCN1CCOC(c2ccc(-c3nc(NCc4ccc(C)cc4F)c4c(ncn4C)n3)cc2)C1. The van der Waals surface area contributed by atoms with Gasteiger partial charge in [0.15, 0.2) is 17.3 Å². The van der Waals surface area contributed by atoms with Crippen molar-refractivity contribution in [1.29, 1.82) is 0 Å². The number of likely N-dealkylation sites (N-methyl/N-ethyl adjacent to an activating group) is 1. The minimum Gasteiger partial charge on any atom is -0.371 e. The van der Waals surface area contributed by atoms with Crippen LogP contribution in [0.15, 0.2) is 48.8 Å². The molecule has 0 radical (unpaired) electrons. The molecule has 2 aromatic heterocycles. The van der Waals surface area contributed by atoms with Gasteiger partial charge in [-0.15, -0.1) is 0 Å². The van der Waals surface area contributed by atoms with Gasteiger partial charge in [0.25, 0.3) is 0 Å². The van der Waals surface area contributed by atoms with Crippen molar-refractivity contribution in [1.82, 2.24) is 24.4 Å². The molecule has 1 fully saturated rings. The van der Waals surface area contributed by atoms with Crippen molar-refractivity contribution in [2.45, 2.75) is 40.3 Å². The maximum Gasteiger partial charge on any atom is 0.183 e. The van der Waals surface area contributed by atoms with E-state index in [9.17, 15) is 4.39 Å². The first-order valence-electron chi connectivity index (χ1n) is 12.6. The Bertz CT molecular complexity index is 1300. The number of aromatic nitrogens is 4. The summed E-state index contributed by atoms with van der Waals surface area (Å²) in [5, 5.41) is 3.30. The smallest absolute Gasteiger partial charge is 0.183 e. The number of nitrogens with one attached hydrogen (secondary N) is 1. The molecule has 190 valence electrons. The van der Waals surface area contributed by atoms with Crippen molar-refractivity contribution >= 4 is 17.0 Å². The number of hydrogen-bond donors (Lipinski definition) is 1. The Balaban J connectivity index is 0.00000148. The molecule has 0 amide bonds. The van der Waals surface area contributed by atoms with E-state index in [0.29, 0.717) is 29.4 Å². The monoisotopic (exact) mass is 490 g/mol. The van der Waals surface area contributed by atoms with E-state index in [0.717, 1.165) is 48.4 Å². The fourth-order valence-electron chi connectivity index (χ4n) is 4.32. The molecule has 5 rings (SSSR count). The normalized spacial score (nSPS) is 16.0. The molecule has 2 aromatic carbocycles. The summed E-state index contributed by atoms with van der Waals surface area (Å²) in [7, 11) is 1.90. The van der Waals surface area contributed by atoms with Gasteiger partial charge in [-0.25, -0.2) is 19.3 Å². The van der Waals surface area contributed by atoms with Crippen LogP contribution in [-0.2, 0) is 18.3 Å². The molecule has 1 aliphatic heterocycles. The molecular formula is C28H35FN6O. The number of fused-ring (bicyclic) bond motifs is 1. The van der Waals surface area contributed by atoms with Crippen LogP contribution in [0.5, 0.6) is 0 Å². The van der Waals surface area contributed by atoms with E-state index in [1.165, 1.54) is 0 Å². The van der Waals surface area contributed by atoms with Crippen LogP contribution >= 0.6 is 0 Å². The number of anilines is 1. The quantitative estimate of drug-likeness (QED) is 0.384. The van der Waals surface area contributed by atoms with Crippen LogP contribution in [0, 0.1) is 12.7 Å². The minimum absolute atomic E-state index is 0.0728. The van der Waals surface area contributed by atoms with Gasteiger partial charge in [-0.05, 0) is 30.7 Å². The fraction of sp³-hybridized carbons (Fsp3) is 0.393. The third-order valence-corrected chi connectivity index (χ3v) is 6.36. The minimum atomic E-state index is -0.231. The van der Waals surface area contributed by atoms with Crippen LogP contribution in [0.1, 0.15) is 43.6 Å². The molecular weight excluding hydrogens is 455 g/mol. The summed E-state index contributed by atoms with van der Waals surface area (Å²) in [6.45, 7) is 12.0. The molecule has 3 heterocycles. The summed E-state index contributed by atoms with van der Waals surface area (Å²) in [6.07, 6.45) is 1.78. The second kappa shape index (κ2) is 11.6. The van der Waals surface area contributed by atoms with E-state index in [1.807, 2.05) is 50.6 Å². The van der Waals surface area contributed by atoms with Crippen molar-refractivity contribution in [2.75, 3.05) is 31.6 Å². The number of imidazole rings is 1. The topological polar surface area (TPSA) is 68.1 Å². The van der Waals surface area contributed by atoms with Gasteiger partial charge in [0, 0.05) is 37.8 Å². The summed E-state index contributed by atoms with van der Waals surface area (Å²) >= 11 is 0. The standard InChI is InChI=1S/C26H29FN6O.C2H6/c1-4-33-11-12-34-22(15-33)18-7-9-19(10-8-18)24-30-25(23-26(31-24)29-16-32(23)3)28-14-20-6-5-17(2)13-21(20)27;1-2/h5-10,13,16,22H,4,11-12,14-15H2,1-3H3,(H,28,30,31);1-2H3. The number of hydrogen-bond acceptors (Lipinski definition) is 6. The Morgan fingerprint density at radius 2 is 1.89 bits per heavy atom. The average molecular weight is 491 g/mol. The highest BCUT2D eigenvalue weighted by atomic mass is 19.1. The number of benzene rings is 2. The van der Waals surface area contributed by atoms with Gasteiger partial charge < -0.3 is 14.6 Å². The van der Waals surface area contributed by atoms with Gasteiger partial charge in [-0.3, -0.25) is 4.90 Å². The van der Waals surface area contributed by atoms with E-state index >= 15 is 0 Å². The fourth-order valence-corrected chi connectivity index (χ4v) is 4.32. The second-order valence-electron chi connectivity index (χ2n) is 8.75. The first-order chi connectivity index (χ1) is 17.5. The Kier molecular flexibility index (Phi) is 8.28. The van der Waals surface area contributed by atoms with Gasteiger partial charge in [0.05, 0.1) is 19.0 Å². The zero-order valence-electron chi connectivity index (χ0n) is 21.8. The first kappa shape index (κ1) is 25.7. The molecule has 4 aromatic rings. The highest BCUT2D eigenvalue weighted by Crippen LogP contribution is 2.28. The maximum atomic E-state index is 14.4. The van der Waals surface area contributed by atoms with Crippen molar-refractivity contribution < 1.29 is 9.13 Å². The highest BCUT2D eigenvalue weighted by molar-refractivity contribution is 5.85. The largest absolute Gasteiger partial charge is 0.371 e. The van der Waals surface area contributed by atoms with Crippen LogP contribution in [0.3, 0.4) is 0 Å². The first-order valence-corrected chi connectivity index (χ1v) is 12.6. The summed E-state index contributed by atoms with van der Waals surface area (Å²) in [6, 6.07) is 13.5. The summed E-state index contributed by atoms with van der Waals surface area (Å²) < 4.78 is 22.2. The highest BCUT2D eigenvalue weighted by Gasteiger charge is 2.21. The van der Waals surface area contributed by atoms with Crippen LogP contribution in [0.2, 0.25) is 0 Å². The van der Waals surface area contributed by atoms with Crippen LogP contribution in [0.4, 0.5) is 10.2 Å². The molecule has 1 atom stereocenters. The van der Waals surface area contributed by atoms with E-state index in [4.69, 9.17) is 9.72 Å². The van der Waals surface area contributed by atoms with Crippen molar-refractivity contribution in [3.63, 3.8) is 0 Å². The summed E-state index contributed by atoms with van der Waals surface area (Å²) in [4.78, 5) is 16.3. The molecule has 0 aliphatic carbocycles. The van der Waals surface area contributed by atoms with E-state index < -0.39 is 0 Å². The molecule has 0 saturated carbocycles. The molecule has 0 spiro atoms. The predicted molar refractivity (Wildman–Crippen MR) is 142 cm³/mol. The Morgan fingerprint density at radius 1 is 1.11 bits per heavy atom. The van der Waals surface area contributed by atoms with Gasteiger partial charge >= 0.3 is 0 Å². The number of morpholine rings is 1. The van der Waals surface area contributed by atoms with Crippen molar-refractivity contribution in [3.8, 4) is 11.4 Å². The number of aryl methyl sites for hydroxylation is 2. The summed E-state index contributed by atoms with van der Waals surface area (Å²) in [5.74, 6) is 0.966. The number of halogens is 1. The van der Waals surface area contributed by atoms with Crippen LogP contribution in [0.25, 0.3) is 22.6 Å². The predicted octanol–water partition coefficient (Wildman–Crippen LogP) is 5.51. The van der Waals surface area contributed by atoms with Gasteiger partial charge in [-0.1, -0.05) is 57.2 Å². The molecule has 1 unspecified atom stereocenters. The van der Waals surface area contributed by atoms with Crippen molar-refractivity contribution in [2.24, 2.45) is 7.05 Å². The lowest BCUT2D eigenvalue weighted by molar-refractivity contribution is -0.0281. The zero-order valence-corrected chi connectivity index (χ0v) is 21.8. The Labute approximate surface area is 212 Å². The average Bonchev–Trinajstić information content (AvgIpc) is 3.30. The lowest BCUT2D eigenvalue weighted by Gasteiger charge is -2.32. The van der Waals surface area contributed by atoms with E-state index in [-0.39, 0.29) is 11.9 Å². The molecule has 8 heteroatoms. The molecule has 1 aliphatic rings. The third kappa shape index (κ3) is 5.55. The third-order valence-electron chi connectivity index (χ3n) is 6.36. The number of nitrogens with zero attached hydrogens (tertiary/aromatic N) is 5. The van der Waals surface area contributed by atoms with Gasteiger partial charge in [0.1, 0.15) is 11.3 Å². The van der Waals surface area contributed by atoms with E-state index in [1.54, 1.807) is 18.5 Å². The summed E-state index contributed by atoms with van der Waals surface area (Å²) in [5.41, 5.74) is 4.89. The number of rotatable bonds is 6. The van der Waals surface area contributed by atoms with Gasteiger partial charge in [0.2, 0.25) is 0 Å². The lowest BCUT2D eigenvalue weighted by atomic mass is 10.0. The van der Waals surface area contributed by atoms with Gasteiger partial charge in [-0.2, -0.15) is 0 Å². The van der Waals surface area contributed by atoms with Crippen LogP contribution in [-0.4, -0.2) is 50.7 Å². The Hall–Kier alpha value is -3.36. The molecule has 0 bridgehead atoms. The number of ether oxygens (including phenoxy) is 1. The Morgan fingerprint density at radius 3 is 2.61 bits per heavy atom. The second-order valence-corrected chi connectivity index (χ2v) is 8.75. The van der Waals surface area contributed by atoms with Crippen LogP contribution < -0.4 is 5.32 Å². The van der Waals surface area contributed by atoms with E-state index in [2.05, 4.69) is 39.2 Å². The molecule has 1 N–H and O–H groups in total. The maximum absolute atomic E-state index is 14.4. The zero-order chi connectivity index (χ0) is 25.7. The molecule has 36 heavy (non-hydrogen) atoms. The molecule has 1 saturated heterocycles.